The van der Waals surface area contributed by atoms with Crippen LogP contribution < -0.4 is 10.7 Å². The number of halogens is 4. The molecule has 24 heavy (non-hydrogen) atoms. The van der Waals surface area contributed by atoms with Gasteiger partial charge in [-0.1, -0.05) is 41.9 Å². The molecule has 0 aliphatic rings. The number of hydrogen-bond acceptors (Lipinski definition) is 2. The summed E-state index contributed by atoms with van der Waals surface area (Å²) in [5.41, 5.74) is 3.39. The van der Waals surface area contributed by atoms with Crippen LogP contribution in [0.4, 0.5) is 18.9 Å². The molecule has 0 heterocycles. The van der Waals surface area contributed by atoms with E-state index in [2.05, 4.69) is 15.8 Å². The van der Waals surface area contributed by atoms with Crippen molar-refractivity contribution in [1.82, 2.24) is 5.43 Å². The number of alkyl halides is 3. The van der Waals surface area contributed by atoms with Crippen LogP contribution in [0.1, 0.15) is 18.1 Å². The van der Waals surface area contributed by atoms with Crippen molar-refractivity contribution < 1.29 is 13.2 Å². The van der Waals surface area contributed by atoms with Gasteiger partial charge in [-0.3, -0.25) is 5.43 Å². The van der Waals surface area contributed by atoms with E-state index in [0.29, 0.717) is 5.71 Å². The predicted molar refractivity (Wildman–Crippen MR) is 94.5 cm³/mol. The Morgan fingerprint density at radius 1 is 1.12 bits per heavy atom. The van der Waals surface area contributed by atoms with Crippen LogP contribution in [-0.4, -0.2) is 10.8 Å². The van der Waals surface area contributed by atoms with E-state index in [1.807, 2.05) is 30.3 Å². The molecular formula is C16H13ClF3N3S. The highest BCUT2D eigenvalue weighted by Crippen LogP contribution is 2.33. The summed E-state index contributed by atoms with van der Waals surface area (Å²) in [7, 11) is 0. The van der Waals surface area contributed by atoms with E-state index >= 15 is 0 Å². The largest absolute Gasteiger partial charge is 0.416 e. The Morgan fingerprint density at radius 3 is 2.42 bits per heavy atom. The van der Waals surface area contributed by atoms with Gasteiger partial charge in [-0.05, 0) is 42.9 Å². The van der Waals surface area contributed by atoms with Crippen molar-refractivity contribution in [2.75, 3.05) is 5.32 Å². The van der Waals surface area contributed by atoms with Crippen molar-refractivity contribution in [1.29, 1.82) is 0 Å². The molecule has 3 nitrogen and oxygen atoms in total. The SMILES string of the molecule is C/C(=N\NC(=S)Nc1cc(C(F)(F)F)ccc1Cl)c1ccccc1. The molecule has 0 saturated heterocycles. The Morgan fingerprint density at radius 2 is 1.79 bits per heavy atom. The fourth-order valence-corrected chi connectivity index (χ4v) is 2.15. The van der Waals surface area contributed by atoms with Crippen LogP contribution >= 0.6 is 23.8 Å². The Bertz CT molecular complexity index is 761. The van der Waals surface area contributed by atoms with Gasteiger partial charge in [0.25, 0.3) is 0 Å². The van der Waals surface area contributed by atoms with Gasteiger partial charge < -0.3 is 5.32 Å². The van der Waals surface area contributed by atoms with Gasteiger partial charge in [-0.2, -0.15) is 18.3 Å². The second kappa shape index (κ2) is 7.63. The molecule has 2 N–H and O–H groups in total. The summed E-state index contributed by atoms with van der Waals surface area (Å²) in [5, 5.41) is 6.85. The summed E-state index contributed by atoms with van der Waals surface area (Å²) in [5.74, 6) is 0. The molecular weight excluding hydrogens is 359 g/mol. The van der Waals surface area contributed by atoms with Gasteiger partial charge in [0.15, 0.2) is 5.11 Å². The average molecular weight is 372 g/mol. The second-order valence-electron chi connectivity index (χ2n) is 4.82. The lowest BCUT2D eigenvalue weighted by Crippen LogP contribution is -2.25. The van der Waals surface area contributed by atoms with E-state index in [1.54, 1.807) is 6.92 Å². The van der Waals surface area contributed by atoms with Gasteiger partial charge in [0.1, 0.15) is 0 Å². The molecule has 0 unspecified atom stereocenters. The summed E-state index contributed by atoms with van der Waals surface area (Å²) in [6.45, 7) is 1.78. The number of nitrogens with zero attached hydrogens (tertiary/aromatic N) is 1. The Balaban J connectivity index is 2.07. The molecule has 0 amide bonds. The first-order valence-corrected chi connectivity index (χ1v) is 7.59. The van der Waals surface area contributed by atoms with Crippen molar-refractivity contribution in [3.8, 4) is 0 Å². The molecule has 2 rings (SSSR count). The highest BCUT2D eigenvalue weighted by atomic mass is 35.5. The molecule has 0 spiro atoms. The van der Waals surface area contributed by atoms with Gasteiger partial charge in [0, 0.05) is 0 Å². The van der Waals surface area contributed by atoms with E-state index in [9.17, 15) is 13.2 Å². The maximum absolute atomic E-state index is 12.7. The summed E-state index contributed by atoms with van der Waals surface area (Å²) in [6, 6.07) is 12.3. The van der Waals surface area contributed by atoms with Crippen LogP contribution in [0.25, 0.3) is 0 Å². The number of hydrogen-bond donors (Lipinski definition) is 2. The number of thiocarbonyl (C=S) groups is 1. The van der Waals surface area contributed by atoms with Gasteiger partial charge in [0.2, 0.25) is 0 Å². The Hall–Kier alpha value is -2.12. The quantitative estimate of drug-likeness (QED) is 0.449. The molecule has 2 aromatic carbocycles. The van der Waals surface area contributed by atoms with Crippen LogP contribution in [0.15, 0.2) is 53.6 Å². The van der Waals surface area contributed by atoms with Crippen molar-refractivity contribution in [2.45, 2.75) is 13.1 Å². The zero-order chi connectivity index (χ0) is 17.7. The molecule has 0 bridgehead atoms. The van der Waals surface area contributed by atoms with E-state index in [0.717, 1.165) is 23.8 Å². The lowest BCUT2D eigenvalue weighted by atomic mass is 10.1. The molecule has 0 aliphatic carbocycles. The minimum absolute atomic E-state index is 0.0338. The first-order chi connectivity index (χ1) is 11.3. The van der Waals surface area contributed by atoms with Crippen LogP contribution in [0.2, 0.25) is 5.02 Å². The van der Waals surface area contributed by atoms with E-state index in [4.69, 9.17) is 23.8 Å². The first kappa shape index (κ1) is 18.2. The molecule has 8 heteroatoms. The van der Waals surface area contributed by atoms with Gasteiger partial charge >= 0.3 is 6.18 Å². The van der Waals surface area contributed by atoms with Gasteiger partial charge in [-0.15, -0.1) is 0 Å². The minimum Gasteiger partial charge on any atom is -0.330 e. The molecule has 0 atom stereocenters. The molecule has 0 aliphatic heterocycles. The maximum atomic E-state index is 12.7. The third-order valence-corrected chi connectivity index (χ3v) is 3.58. The standard InChI is InChI=1S/C16H13ClF3N3S/c1-10(11-5-3-2-4-6-11)22-23-15(24)21-14-9-12(16(18,19)20)7-8-13(14)17/h2-9H,1H3,(H2,21,23,24)/b22-10+. The van der Waals surface area contributed by atoms with Crippen molar-refractivity contribution in [3.05, 3.63) is 64.7 Å². The highest BCUT2D eigenvalue weighted by Gasteiger charge is 2.31. The van der Waals surface area contributed by atoms with Crippen LogP contribution in [0.3, 0.4) is 0 Å². The minimum atomic E-state index is -4.46. The predicted octanol–water partition coefficient (Wildman–Crippen LogP) is 5.07. The van der Waals surface area contributed by atoms with Crippen LogP contribution in [-0.2, 0) is 6.18 Å². The van der Waals surface area contributed by atoms with Crippen molar-refractivity contribution in [3.63, 3.8) is 0 Å². The Labute approximate surface area is 147 Å². The third kappa shape index (κ3) is 4.94. The smallest absolute Gasteiger partial charge is 0.330 e. The van der Waals surface area contributed by atoms with Crippen molar-refractivity contribution >= 4 is 40.3 Å². The first-order valence-electron chi connectivity index (χ1n) is 6.81. The molecule has 126 valence electrons. The van der Waals surface area contributed by atoms with E-state index in [1.165, 1.54) is 0 Å². The number of hydrazone groups is 1. The fraction of sp³-hybridized carbons (Fsp3) is 0.125. The number of benzene rings is 2. The zero-order valence-corrected chi connectivity index (χ0v) is 14.1. The third-order valence-electron chi connectivity index (χ3n) is 3.06. The van der Waals surface area contributed by atoms with Crippen molar-refractivity contribution in [2.24, 2.45) is 5.10 Å². The number of anilines is 1. The van der Waals surface area contributed by atoms with Gasteiger partial charge in [-0.25, -0.2) is 0 Å². The topological polar surface area (TPSA) is 36.4 Å². The summed E-state index contributed by atoms with van der Waals surface area (Å²) >= 11 is 10.9. The van der Waals surface area contributed by atoms with E-state index in [-0.39, 0.29) is 15.8 Å². The molecule has 0 aromatic heterocycles. The molecule has 0 fully saturated rings. The van der Waals surface area contributed by atoms with Crippen LogP contribution in [0, 0.1) is 0 Å². The summed E-state index contributed by atoms with van der Waals surface area (Å²) in [6.07, 6.45) is -4.46. The lowest BCUT2D eigenvalue weighted by Gasteiger charge is -2.13. The second-order valence-corrected chi connectivity index (χ2v) is 5.64. The lowest BCUT2D eigenvalue weighted by molar-refractivity contribution is -0.137. The zero-order valence-electron chi connectivity index (χ0n) is 12.5. The molecule has 0 saturated carbocycles. The number of rotatable bonds is 3. The molecule has 0 radical (unpaired) electrons. The Kier molecular flexibility index (Phi) is 5.80. The van der Waals surface area contributed by atoms with Gasteiger partial charge in [0.05, 0.1) is 22.0 Å². The highest BCUT2D eigenvalue weighted by molar-refractivity contribution is 7.80. The monoisotopic (exact) mass is 371 g/mol. The fourth-order valence-electron chi connectivity index (χ4n) is 1.83. The maximum Gasteiger partial charge on any atom is 0.416 e. The molecule has 2 aromatic rings. The number of nitrogens with one attached hydrogen (secondary N) is 2. The average Bonchev–Trinajstić information content (AvgIpc) is 2.54. The summed E-state index contributed by atoms with van der Waals surface area (Å²) < 4.78 is 38.2. The van der Waals surface area contributed by atoms with E-state index < -0.39 is 11.7 Å². The summed E-state index contributed by atoms with van der Waals surface area (Å²) in [4.78, 5) is 0. The normalized spacial score (nSPS) is 12.0. The van der Waals surface area contributed by atoms with Crippen LogP contribution in [0.5, 0.6) is 0 Å².